The van der Waals surface area contributed by atoms with Gasteiger partial charge in [-0.2, -0.15) is 0 Å². The number of rotatable bonds is 3. The highest BCUT2D eigenvalue weighted by atomic mass is 31.1. The molecule has 0 aromatic heterocycles. The second-order valence-corrected chi connectivity index (χ2v) is 7.33. The molecule has 0 aliphatic heterocycles. The predicted molar refractivity (Wildman–Crippen MR) is 89.5 cm³/mol. The highest BCUT2D eigenvalue weighted by molar-refractivity contribution is 7.71. The summed E-state index contributed by atoms with van der Waals surface area (Å²) >= 11 is 0. The molecule has 0 spiro atoms. The Morgan fingerprint density at radius 1 is 0.905 bits per heavy atom. The lowest BCUT2D eigenvalue weighted by molar-refractivity contribution is 0.107. The zero-order chi connectivity index (χ0) is 15.7. The molecule has 0 N–H and O–H groups in total. The van der Waals surface area contributed by atoms with Crippen LogP contribution in [0.2, 0.25) is 0 Å². The van der Waals surface area contributed by atoms with E-state index in [1.54, 1.807) is 6.07 Å². The summed E-state index contributed by atoms with van der Waals surface area (Å²) in [5, 5.41) is 0.685. The van der Waals surface area contributed by atoms with Gasteiger partial charge in [0.05, 0.1) is 0 Å². The SMILES string of the molecule is Cc1cc(C)c(C(=O)[PH](=O)c2cccc(C)c2C)c(C)c1. The Kier molecular flexibility index (Phi) is 4.49. The minimum Gasteiger partial charge on any atom is -0.313 e. The van der Waals surface area contributed by atoms with E-state index in [9.17, 15) is 9.36 Å². The molecule has 0 aliphatic carbocycles. The summed E-state index contributed by atoms with van der Waals surface area (Å²) in [6, 6.07) is 9.58. The van der Waals surface area contributed by atoms with Crippen LogP contribution in [-0.2, 0) is 4.57 Å². The number of hydrogen-bond acceptors (Lipinski definition) is 2. The smallest absolute Gasteiger partial charge is 0.223 e. The first kappa shape index (κ1) is 15.7. The molecule has 0 saturated carbocycles. The van der Waals surface area contributed by atoms with Gasteiger partial charge in [0, 0.05) is 10.9 Å². The van der Waals surface area contributed by atoms with Crippen molar-refractivity contribution in [3.05, 3.63) is 63.7 Å². The molecule has 3 heteroatoms. The van der Waals surface area contributed by atoms with Gasteiger partial charge in [0.25, 0.3) is 0 Å². The number of benzene rings is 2. The van der Waals surface area contributed by atoms with E-state index in [-0.39, 0.29) is 5.52 Å². The standard InChI is InChI=1S/C18H21O2P/c1-11-9-13(3)17(14(4)10-11)18(19)21(20)16-8-6-7-12(2)15(16)5/h6-10,21H,1-5H3. The summed E-state index contributed by atoms with van der Waals surface area (Å²) in [7, 11) is -2.50. The van der Waals surface area contributed by atoms with Crippen LogP contribution in [0.1, 0.15) is 38.2 Å². The van der Waals surface area contributed by atoms with Crippen molar-refractivity contribution in [3.8, 4) is 0 Å². The van der Waals surface area contributed by atoms with Crippen LogP contribution in [0.4, 0.5) is 0 Å². The Labute approximate surface area is 127 Å². The zero-order valence-corrected chi connectivity index (χ0v) is 14.2. The molecule has 2 aromatic carbocycles. The van der Waals surface area contributed by atoms with Crippen LogP contribution in [0, 0.1) is 34.6 Å². The molecule has 0 saturated heterocycles. The summed E-state index contributed by atoms with van der Waals surface area (Å²) in [5.41, 5.74) is 5.33. The second-order valence-electron chi connectivity index (χ2n) is 5.68. The Bertz CT molecular complexity index is 722. The summed E-state index contributed by atoms with van der Waals surface area (Å²) < 4.78 is 12.7. The molecule has 21 heavy (non-hydrogen) atoms. The minimum absolute atomic E-state index is 0.233. The molecule has 0 bridgehead atoms. The van der Waals surface area contributed by atoms with E-state index >= 15 is 0 Å². The quantitative estimate of drug-likeness (QED) is 0.794. The first-order valence-electron chi connectivity index (χ1n) is 7.06. The normalized spacial score (nSPS) is 12.2. The zero-order valence-electron chi connectivity index (χ0n) is 13.2. The monoisotopic (exact) mass is 300 g/mol. The van der Waals surface area contributed by atoms with Crippen molar-refractivity contribution in [1.29, 1.82) is 0 Å². The van der Waals surface area contributed by atoms with Gasteiger partial charge in [-0.3, -0.25) is 4.79 Å². The van der Waals surface area contributed by atoms with Gasteiger partial charge in [0.1, 0.15) is 0 Å². The molecule has 0 fully saturated rings. The van der Waals surface area contributed by atoms with Crippen molar-refractivity contribution >= 4 is 18.6 Å². The van der Waals surface area contributed by atoms with Crippen molar-refractivity contribution in [1.82, 2.24) is 0 Å². The predicted octanol–water partition coefficient (Wildman–Crippen LogP) is 4.25. The van der Waals surface area contributed by atoms with Gasteiger partial charge in [-0.1, -0.05) is 35.9 Å². The number of hydrogen-bond donors (Lipinski definition) is 0. The lowest BCUT2D eigenvalue weighted by Crippen LogP contribution is -2.11. The molecule has 0 amide bonds. The molecule has 1 unspecified atom stereocenters. The van der Waals surface area contributed by atoms with E-state index < -0.39 is 7.80 Å². The Morgan fingerprint density at radius 2 is 1.48 bits per heavy atom. The van der Waals surface area contributed by atoms with Crippen LogP contribution in [0.3, 0.4) is 0 Å². The molecular weight excluding hydrogens is 279 g/mol. The first-order chi connectivity index (χ1) is 9.82. The first-order valence-corrected chi connectivity index (χ1v) is 8.47. The van der Waals surface area contributed by atoms with E-state index in [0.717, 1.165) is 27.8 Å². The minimum atomic E-state index is -2.50. The van der Waals surface area contributed by atoms with E-state index in [1.807, 2.05) is 58.9 Å². The van der Waals surface area contributed by atoms with Crippen molar-refractivity contribution < 1.29 is 9.36 Å². The van der Waals surface area contributed by atoms with E-state index in [1.165, 1.54) is 0 Å². The van der Waals surface area contributed by atoms with E-state index in [4.69, 9.17) is 0 Å². The number of aryl methyl sites for hydroxylation is 4. The maximum Gasteiger partial charge on any atom is 0.223 e. The summed E-state index contributed by atoms with van der Waals surface area (Å²) in [4.78, 5) is 12.7. The Balaban J connectivity index is 2.50. The molecule has 2 rings (SSSR count). The molecule has 0 radical (unpaired) electrons. The molecule has 0 heterocycles. The molecule has 2 aromatic rings. The molecule has 0 aliphatic rings. The maximum atomic E-state index is 12.7. The maximum absolute atomic E-state index is 12.7. The van der Waals surface area contributed by atoms with Gasteiger partial charge >= 0.3 is 0 Å². The molecule has 2 nitrogen and oxygen atoms in total. The average Bonchev–Trinajstić information content (AvgIpc) is 2.39. The van der Waals surface area contributed by atoms with Gasteiger partial charge < -0.3 is 4.57 Å². The van der Waals surface area contributed by atoms with Crippen LogP contribution in [0.15, 0.2) is 30.3 Å². The van der Waals surface area contributed by atoms with E-state index in [0.29, 0.717) is 10.9 Å². The average molecular weight is 300 g/mol. The summed E-state index contributed by atoms with van der Waals surface area (Å²) in [6.07, 6.45) is 0. The summed E-state index contributed by atoms with van der Waals surface area (Å²) in [6.45, 7) is 9.72. The molecule has 110 valence electrons. The van der Waals surface area contributed by atoms with Crippen LogP contribution in [0.5, 0.6) is 0 Å². The van der Waals surface area contributed by atoms with Crippen LogP contribution < -0.4 is 5.30 Å². The van der Waals surface area contributed by atoms with Crippen molar-refractivity contribution in [2.75, 3.05) is 0 Å². The van der Waals surface area contributed by atoms with Gasteiger partial charge in [-0.15, -0.1) is 0 Å². The third-order valence-electron chi connectivity index (χ3n) is 3.96. The highest BCUT2D eigenvalue weighted by Crippen LogP contribution is 2.31. The summed E-state index contributed by atoms with van der Waals surface area (Å²) in [5.74, 6) is 0. The lowest BCUT2D eigenvalue weighted by atomic mass is 10.0. The second kappa shape index (κ2) is 5.99. The largest absolute Gasteiger partial charge is 0.313 e. The van der Waals surface area contributed by atoms with Crippen LogP contribution in [0.25, 0.3) is 0 Å². The Hall–Kier alpha value is -1.66. The van der Waals surface area contributed by atoms with Gasteiger partial charge in [0.2, 0.25) is 5.52 Å². The van der Waals surface area contributed by atoms with Gasteiger partial charge in [-0.05, 0) is 56.9 Å². The molecular formula is C18H21O2P. The number of carbonyl (C=O) groups excluding carboxylic acids is 1. The lowest BCUT2D eigenvalue weighted by Gasteiger charge is -2.12. The van der Waals surface area contributed by atoms with Crippen molar-refractivity contribution in [3.63, 3.8) is 0 Å². The number of carbonyl (C=O) groups is 1. The topological polar surface area (TPSA) is 34.1 Å². The van der Waals surface area contributed by atoms with Crippen LogP contribution >= 0.6 is 7.80 Å². The fraction of sp³-hybridized carbons (Fsp3) is 0.278. The van der Waals surface area contributed by atoms with Crippen molar-refractivity contribution in [2.24, 2.45) is 0 Å². The molecule has 1 atom stereocenters. The van der Waals surface area contributed by atoms with Gasteiger partial charge in [0.15, 0.2) is 7.80 Å². The van der Waals surface area contributed by atoms with Crippen LogP contribution in [-0.4, -0.2) is 5.52 Å². The third kappa shape index (κ3) is 3.01. The fourth-order valence-corrected chi connectivity index (χ4v) is 4.42. The third-order valence-corrected chi connectivity index (χ3v) is 5.65. The highest BCUT2D eigenvalue weighted by Gasteiger charge is 2.21. The van der Waals surface area contributed by atoms with Gasteiger partial charge in [-0.25, -0.2) is 0 Å². The Morgan fingerprint density at radius 3 is 2.05 bits per heavy atom. The van der Waals surface area contributed by atoms with E-state index in [2.05, 4.69) is 0 Å². The van der Waals surface area contributed by atoms with Crippen molar-refractivity contribution in [2.45, 2.75) is 34.6 Å². The fourth-order valence-electron chi connectivity index (χ4n) is 2.77.